The molecule has 0 aliphatic heterocycles. The summed E-state index contributed by atoms with van der Waals surface area (Å²) in [6.07, 6.45) is 1.67. The minimum Gasteiger partial charge on any atom is -0.288 e. The van der Waals surface area contributed by atoms with Gasteiger partial charge in [0.25, 0.3) is 0 Å². The molecule has 0 aliphatic rings. The number of nitrogens with zero attached hydrogens (tertiary/aromatic N) is 1. The van der Waals surface area contributed by atoms with Crippen molar-refractivity contribution in [2.45, 2.75) is 6.54 Å². The monoisotopic (exact) mass is 219 g/mol. The number of benzene rings is 1. The highest BCUT2D eigenvalue weighted by Crippen LogP contribution is 2.25. The molecule has 0 unspecified atom stereocenters. The van der Waals surface area contributed by atoms with E-state index >= 15 is 0 Å². The normalized spacial score (nSPS) is 11.1. The number of aliphatic imine (C=N–C) groups is 1. The lowest BCUT2D eigenvalue weighted by molar-refractivity contribution is 1.10. The largest absolute Gasteiger partial charge is 0.288 e. The first kappa shape index (κ1) is 9.49. The Morgan fingerprint density at radius 2 is 2.21 bits per heavy atom. The van der Waals surface area contributed by atoms with Crippen LogP contribution >= 0.6 is 23.6 Å². The zero-order valence-electron chi connectivity index (χ0n) is 7.51. The SMILES string of the molecule is S=CC=NCc1csc2ccccc12. The molecule has 0 atom stereocenters. The van der Waals surface area contributed by atoms with Gasteiger partial charge in [0.15, 0.2) is 0 Å². The first-order valence-electron chi connectivity index (χ1n) is 4.30. The van der Waals surface area contributed by atoms with E-state index in [-0.39, 0.29) is 0 Å². The van der Waals surface area contributed by atoms with Gasteiger partial charge in [0.05, 0.1) is 6.54 Å². The van der Waals surface area contributed by atoms with E-state index in [1.54, 1.807) is 17.6 Å². The van der Waals surface area contributed by atoms with Crippen LogP contribution in [-0.2, 0) is 6.54 Å². The topological polar surface area (TPSA) is 12.4 Å². The molecular weight excluding hydrogens is 210 g/mol. The fourth-order valence-electron chi connectivity index (χ4n) is 1.35. The van der Waals surface area contributed by atoms with Crippen molar-refractivity contribution in [2.24, 2.45) is 4.99 Å². The maximum absolute atomic E-state index is 4.67. The van der Waals surface area contributed by atoms with Crippen molar-refractivity contribution in [2.75, 3.05) is 0 Å². The Balaban J connectivity index is 2.33. The average Bonchev–Trinajstić information content (AvgIpc) is 2.63. The summed E-state index contributed by atoms with van der Waals surface area (Å²) in [5.41, 5.74) is 1.28. The minimum absolute atomic E-state index is 0.719. The summed E-state index contributed by atoms with van der Waals surface area (Å²) in [4.78, 5) is 4.20. The molecule has 1 heterocycles. The first-order chi connectivity index (χ1) is 6.92. The van der Waals surface area contributed by atoms with Gasteiger partial charge in [-0.1, -0.05) is 30.4 Å². The Morgan fingerprint density at radius 1 is 1.36 bits per heavy atom. The second-order valence-electron chi connectivity index (χ2n) is 2.88. The number of fused-ring (bicyclic) bond motifs is 1. The van der Waals surface area contributed by atoms with Gasteiger partial charge in [-0.2, -0.15) is 0 Å². The van der Waals surface area contributed by atoms with Crippen molar-refractivity contribution in [3.63, 3.8) is 0 Å². The summed E-state index contributed by atoms with van der Waals surface area (Å²) in [7, 11) is 0. The predicted molar refractivity (Wildman–Crippen MR) is 67.7 cm³/mol. The van der Waals surface area contributed by atoms with Crippen LogP contribution in [0.15, 0.2) is 34.6 Å². The van der Waals surface area contributed by atoms with Crippen LogP contribution in [0.5, 0.6) is 0 Å². The van der Waals surface area contributed by atoms with Crippen LogP contribution in [0.25, 0.3) is 10.1 Å². The molecule has 2 rings (SSSR count). The molecule has 0 fully saturated rings. The molecular formula is C11H9NS2. The number of rotatable bonds is 3. The minimum atomic E-state index is 0.719. The maximum Gasteiger partial charge on any atom is 0.0654 e. The van der Waals surface area contributed by atoms with Crippen LogP contribution in [0, 0.1) is 0 Å². The van der Waals surface area contributed by atoms with E-state index < -0.39 is 0 Å². The fourth-order valence-corrected chi connectivity index (χ4v) is 2.39. The number of hydrogen-bond donors (Lipinski definition) is 0. The van der Waals surface area contributed by atoms with E-state index in [9.17, 15) is 0 Å². The highest BCUT2D eigenvalue weighted by atomic mass is 32.1. The van der Waals surface area contributed by atoms with E-state index in [2.05, 4.69) is 46.9 Å². The van der Waals surface area contributed by atoms with Crippen LogP contribution in [0.4, 0.5) is 0 Å². The summed E-state index contributed by atoms with van der Waals surface area (Å²) in [5.74, 6) is 0. The summed E-state index contributed by atoms with van der Waals surface area (Å²) in [6.45, 7) is 0.719. The van der Waals surface area contributed by atoms with Gasteiger partial charge >= 0.3 is 0 Å². The van der Waals surface area contributed by atoms with Gasteiger partial charge in [-0.25, -0.2) is 0 Å². The molecule has 14 heavy (non-hydrogen) atoms. The average molecular weight is 219 g/mol. The lowest BCUT2D eigenvalue weighted by Crippen LogP contribution is -1.79. The molecule has 0 amide bonds. The molecule has 0 saturated carbocycles. The zero-order chi connectivity index (χ0) is 9.80. The molecule has 0 saturated heterocycles. The molecule has 0 N–H and O–H groups in total. The Bertz CT molecular complexity index is 471. The molecule has 0 radical (unpaired) electrons. The molecule has 1 nitrogen and oxygen atoms in total. The van der Waals surface area contributed by atoms with Crippen molar-refractivity contribution in [1.29, 1.82) is 0 Å². The van der Waals surface area contributed by atoms with Crippen LogP contribution in [0.1, 0.15) is 5.56 Å². The van der Waals surface area contributed by atoms with Gasteiger partial charge in [0.2, 0.25) is 0 Å². The van der Waals surface area contributed by atoms with Crippen molar-refractivity contribution >= 4 is 45.2 Å². The molecule has 70 valence electrons. The second kappa shape index (κ2) is 4.44. The third kappa shape index (κ3) is 1.89. The zero-order valence-corrected chi connectivity index (χ0v) is 9.15. The van der Waals surface area contributed by atoms with Crippen molar-refractivity contribution < 1.29 is 0 Å². The standard InChI is InChI=1S/C11H9NS2/c13-6-5-12-7-9-8-14-11-4-2-1-3-10(9)11/h1-6,8H,7H2. The van der Waals surface area contributed by atoms with Gasteiger partial charge in [0.1, 0.15) is 0 Å². The lowest BCUT2D eigenvalue weighted by Gasteiger charge is -1.92. The van der Waals surface area contributed by atoms with Crippen LogP contribution in [-0.4, -0.2) is 11.6 Å². The number of hydrogen-bond acceptors (Lipinski definition) is 3. The quantitative estimate of drug-likeness (QED) is 0.569. The Morgan fingerprint density at radius 3 is 3.07 bits per heavy atom. The van der Waals surface area contributed by atoms with Gasteiger partial charge in [-0.05, 0) is 22.4 Å². The smallest absolute Gasteiger partial charge is 0.0654 e. The summed E-state index contributed by atoms with van der Waals surface area (Å²) in [5, 5.41) is 5.00. The molecule has 3 heteroatoms. The van der Waals surface area contributed by atoms with E-state index in [4.69, 9.17) is 0 Å². The molecule has 0 spiro atoms. The molecule has 1 aromatic heterocycles. The van der Waals surface area contributed by atoms with Gasteiger partial charge < -0.3 is 0 Å². The van der Waals surface area contributed by atoms with E-state index in [0.717, 1.165) is 6.54 Å². The third-order valence-corrected chi connectivity index (χ3v) is 3.12. The van der Waals surface area contributed by atoms with Gasteiger partial charge in [-0.3, -0.25) is 4.99 Å². The molecule has 0 aliphatic carbocycles. The predicted octanol–water partition coefficient (Wildman–Crippen LogP) is 3.47. The van der Waals surface area contributed by atoms with Crippen LogP contribution in [0.3, 0.4) is 0 Å². The number of thiophene rings is 1. The lowest BCUT2D eigenvalue weighted by atomic mass is 10.2. The fraction of sp³-hybridized carbons (Fsp3) is 0.0909. The third-order valence-electron chi connectivity index (χ3n) is 1.99. The highest BCUT2D eigenvalue weighted by molar-refractivity contribution is 7.80. The first-order valence-corrected chi connectivity index (χ1v) is 5.65. The van der Waals surface area contributed by atoms with Crippen LogP contribution < -0.4 is 0 Å². The Kier molecular flexibility index (Phi) is 3.01. The maximum atomic E-state index is 4.67. The highest BCUT2D eigenvalue weighted by Gasteiger charge is 2.00. The van der Waals surface area contributed by atoms with E-state index in [1.165, 1.54) is 21.0 Å². The molecule has 0 bridgehead atoms. The molecule has 1 aromatic carbocycles. The Labute approximate surface area is 92.1 Å². The summed E-state index contributed by atoms with van der Waals surface area (Å²) in [6, 6.07) is 8.38. The van der Waals surface area contributed by atoms with Crippen molar-refractivity contribution in [1.82, 2.24) is 0 Å². The second-order valence-corrected chi connectivity index (χ2v) is 4.07. The summed E-state index contributed by atoms with van der Waals surface area (Å²) < 4.78 is 1.32. The van der Waals surface area contributed by atoms with E-state index in [1.807, 2.05) is 0 Å². The van der Waals surface area contributed by atoms with Crippen LogP contribution in [0.2, 0.25) is 0 Å². The van der Waals surface area contributed by atoms with E-state index in [0.29, 0.717) is 0 Å². The van der Waals surface area contributed by atoms with Crippen molar-refractivity contribution in [3.05, 3.63) is 35.2 Å². The molecule has 2 aromatic rings. The number of thiocarbonyl (C=S) groups is 1. The van der Waals surface area contributed by atoms with Crippen molar-refractivity contribution in [3.8, 4) is 0 Å². The summed E-state index contributed by atoms with van der Waals surface area (Å²) >= 11 is 6.43. The van der Waals surface area contributed by atoms with Gasteiger partial charge in [0, 0.05) is 16.3 Å². The Hall–Kier alpha value is -1.06. The van der Waals surface area contributed by atoms with Gasteiger partial charge in [-0.15, -0.1) is 11.3 Å².